The normalized spacial score (nSPS) is 13.0. The number of amides is 1. The van der Waals surface area contributed by atoms with Gasteiger partial charge in [0.2, 0.25) is 5.91 Å². The number of halogens is 4. The first kappa shape index (κ1) is 18.3. The van der Waals surface area contributed by atoms with Crippen molar-refractivity contribution in [2.45, 2.75) is 38.9 Å². The van der Waals surface area contributed by atoms with Gasteiger partial charge < -0.3 is 5.32 Å². The van der Waals surface area contributed by atoms with Crippen LogP contribution in [0.3, 0.4) is 0 Å². The summed E-state index contributed by atoms with van der Waals surface area (Å²) in [6.45, 7) is 4.74. The third-order valence-electron chi connectivity index (χ3n) is 3.47. The molecule has 1 atom stereocenters. The summed E-state index contributed by atoms with van der Waals surface area (Å²) in [7, 11) is 0. The molecule has 1 N–H and O–H groups in total. The van der Waals surface area contributed by atoms with Crippen LogP contribution in [0.15, 0.2) is 24.3 Å². The van der Waals surface area contributed by atoms with Crippen LogP contribution in [0.2, 0.25) is 0 Å². The summed E-state index contributed by atoms with van der Waals surface area (Å²) < 4.78 is 41.5. The fourth-order valence-electron chi connectivity index (χ4n) is 2.33. The molecule has 1 aromatic heterocycles. The highest BCUT2D eigenvalue weighted by Gasteiger charge is 2.34. The zero-order valence-corrected chi connectivity index (χ0v) is 14.2. The van der Waals surface area contributed by atoms with Gasteiger partial charge in [0.1, 0.15) is 5.38 Å². The van der Waals surface area contributed by atoms with Gasteiger partial charge in [0, 0.05) is 12.2 Å². The molecule has 0 fully saturated rings. The van der Waals surface area contributed by atoms with Crippen molar-refractivity contribution >= 4 is 17.5 Å². The Morgan fingerprint density at radius 1 is 1.33 bits per heavy atom. The molecule has 8 heteroatoms. The molecule has 1 aromatic carbocycles. The Balaban J connectivity index is 2.39. The van der Waals surface area contributed by atoms with Crippen LogP contribution in [0.5, 0.6) is 0 Å². The molecule has 24 heavy (non-hydrogen) atoms. The van der Waals surface area contributed by atoms with E-state index in [1.54, 1.807) is 26.0 Å². The van der Waals surface area contributed by atoms with E-state index in [1.807, 2.05) is 0 Å². The van der Waals surface area contributed by atoms with Crippen LogP contribution in [0.25, 0.3) is 5.69 Å². The molecule has 1 heterocycles. The second-order valence-electron chi connectivity index (χ2n) is 5.51. The van der Waals surface area contributed by atoms with Crippen LogP contribution < -0.4 is 5.32 Å². The maximum atomic E-state index is 13.4. The SMILES string of the molecule is Cc1cc(C)n(-c2ccc(CNC(=O)C(C)Cl)c(C(F)(F)F)c2)n1. The van der Waals surface area contributed by atoms with E-state index in [1.165, 1.54) is 17.7 Å². The summed E-state index contributed by atoms with van der Waals surface area (Å²) >= 11 is 5.60. The number of carbonyl (C=O) groups excluding carboxylic acids is 1. The number of aryl methyl sites for hydroxylation is 2. The molecule has 0 radical (unpaired) electrons. The Morgan fingerprint density at radius 3 is 2.50 bits per heavy atom. The van der Waals surface area contributed by atoms with E-state index < -0.39 is 23.0 Å². The lowest BCUT2D eigenvalue weighted by Crippen LogP contribution is -2.30. The minimum Gasteiger partial charge on any atom is -0.351 e. The standard InChI is InChI=1S/C16H17ClF3N3O/c1-9-6-10(2)23(22-9)13-5-4-12(8-21-15(24)11(3)17)14(7-13)16(18,19)20/h4-7,11H,8H2,1-3H3,(H,21,24). The smallest absolute Gasteiger partial charge is 0.351 e. The first-order valence-corrected chi connectivity index (χ1v) is 7.69. The molecule has 1 unspecified atom stereocenters. The summed E-state index contributed by atoms with van der Waals surface area (Å²) in [5, 5.41) is 5.77. The van der Waals surface area contributed by atoms with Crippen LogP contribution >= 0.6 is 11.6 Å². The monoisotopic (exact) mass is 359 g/mol. The Labute approximate surface area is 142 Å². The van der Waals surface area contributed by atoms with Gasteiger partial charge in [-0.25, -0.2) is 4.68 Å². The van der Waals surface area contributed by atoms with E-state index >= 15 is 0 Å². The first-order valence-electron chi connectivity index (χ1n) is 7.25. The van der Waals surface area contributed by atoms with Crippen molar-refractivity contribution in [2.75, 3.05) is 0 Å². The third kappa shape index (κ3) is 4.08. The molecule has 0 saturated carbocycles. The van der Waals surface area contributed by atoms with Crippen LogP contribution in [0, 0.1) is 13.8 Å². The number of hydrogen-bond donors (Lipinski definition) is 1. The molecule has 2 aromatic rings. The van der Waals surface area contributed by atoms with Crippen molar-refractivity contribution < 1.29 is 18.0 Å². The lowest BCUT2D eigenvalue weighted by atomic mass is 10.1. The minimum atomic E-state index is -4.54. The molecule has 1 amide bonds. The summed E-state index contributed by atoms with van der Waals surface area (Å²) in [5.74, 6) is -0.521. The maximum Gasteiger partial charge on any atom is 0.416 e. The molecular weight excluding hydrogens is 343 g/mol. The van der Waals surface area contributed by atoms with Crippen molar-refractivity contribution in [3.05, 3.63) is 46.8 Å². The van der Waals surface area contributed by atoms with Gasteiger partial charge in [-0.05, 0) is 44.5 Å². The van der Waals surface area contributed by atoms with E-state index in [-0.39, 0.29) is 12.1 Å². The van der Waals surface area contributed by atoms with E-state index in [0.29, 0.717) is 11.4 Å². The van der Waals surface area contributed by atoms with Gasteiger partial charge in [-0.15, -0.1) is 11.6 Å². The van der Waals surface area contributed by atoms with Crippen LogP contribution in [-0.4, -0.2) is 21.1 Å². The molecule has 130 valence electrons. The highest BCUT2D eigenvalue weighted by Crippen LogP contribution is 2.33. The van der Waals surface area contributed by atoms with Crippen LogP contribution in [0.4, 0.5) is 13.2 Å². The molecule has 0 aliphatic carbocycles. The van der Waals surface area contributed by atoms with Gasteiger partial charge in [0.05, 0.1) is 16.9 Å². The van der Waals surface area contributed by atoms with Gasteiger partial charge in [0.15, 0.2) is 0 Å². The van der Waals surface area contributed by atoms with E-state index in [0.717, 1.165) is 11.8 Å². The molecule has 0 spiro atoms. The molecular formula is C16H17ClF3N3O. The summed E-state index contributed by atoms with van der Waals surface area (Å²) in [4.78, 5) is 11.5. The zero-order valence-electron chi connectivity index (χ0n) is 13.4. The van der Waals surface area contributed by atoms with Gasteiger partial charge in [-0.3, -0.25) is 4.79 Å². The predicted molar refractivity (Wildman–Crippen MR) is 85.2 cm³/mol. The number of alkyl halides is 4. The van der Waals surface area contributed by atoms with Crippen molar-refractivity contribution in [1.82, 2.24) is 15.1 Å². The molecule has 2 rings (SSSR count). The quantitative estimate of drug-likeness (QED) is 0.845. The van der Waals surface area contributed by atoms with Crippen molar-refractivity contribution in [2.24, 2.45) is 0 Å². The second-order valence-corrected chi connectivity index (χ2v) is 6.17. The summed E-state index contributed by atoms with van der Waals surface area (Å²) in [6, 6.07) is 5.70. The van der Waals surface area contributed by atoms with Crippen LogP contribution in [-0.2, 0) is 17.5 Å². The lowest BCUT2D eigenvalue weighted by molar-refractivity contribution is -0.138. The lowest BCUT2D eigenvalue weighted by Gasteiger charge is -2.16. The van der Waals surface area contributed by atoms with Crippen molar-refractivity contribution in [3.8, 4) is 5.69 Å². The molecule has 0 saturated heterocycles. The maximum absolute atomic E-state index is 13.4. The number of hydrogen-bond acceptors (Lipinski definition) is 2. The Bertz CT molecular complexity index is 754. The number of nitrogens with zero attached hydrogens (tertiary/aromatic N) is 2. The fraction of sp³-hybridized carbons (Fsp3) is 0.375. The van der Waals surface area contributed by atoms with Crippen molar-refractivity contribution in [3.63, 3.8) is 0 Å². The van der Waals surface area contributed by atoms with E-state index in [2.05, 4.69) is 10.4 Å². The number of benzene rings is 1. The Hall–Kier alpha value is -2.02. The average molecular weight is 360 g/mol. The zero-order chi connectivity index (χ0) is 18.1. The molecule has 0 aliphatic heterocycles. The van der Waals surface area contributed by atoms with Gasteiger partial charge in [-0.2, -0.15) is 18.3 Å². The third-order valence-corrected chi connectivity index (χ3v) is 3.67. The van der Waals surface area contributed by atoms with Crippen LogP contribution in [0.1, 0.15) is 29.4 Å². The molecule has 0 bridgehead atoms. The minimum absolute atomic E-state index is 0.0292. The van der Waals surface area contributed by atoms with E-state index in [4.69, 9.17) is 11.6 Å². The number of carbonyl (C=O) groups is 1. The summed E-state index contributed by atoms with van der Waals surface area (Å²) in [5.41, 5.74) is 0.924. The largest absolute Gasteiger partial charge is 0.416 e. The Kier molecular flexibility index (Phi) is 5.22. The molecule has 4 nitrogen and oxygen atoms in total. The number of nitrogens with one attached hydrogen (secondary N) is 1. The predicted octanol–water partition coefficient (Wildman–Crippen LogP) is 3.75. The van der Waals surface area contributed by atoms with E-state index in [9.17, 15) is 18.0 Å². The van der Waals surface area contributed by atoms with Crippen molar-refractivity contribution in [1.29, 1.82) is 0 Å². The second kappa shape index (κ2) is 6.84. The highest BCUT2D eigenvalue weighted by atomic mass is 35.5. The topological polar surface area (TPSA) is 46.9 Å². The van der Waals surface area contributed by atoms with Gasteiger partial charge >= 0.3 is 6.18 Å². The molecule has 0 aliphatic rings. The fourth-order valence-corrected chi connectivity index (χ4v) is 2.40. The first-order chi connectivity index (χ1) is 11.1. The van der Waals surface area contributed by atoms with Gasteiger partial charge in [-0.1, -0.05) is 6.07 Å². The Morgan fingerprint density at radius 2 is 2.00 bits per heavy atom. The van der Waals surface area contributed by atoms with Gasteiger partial charge in [0.25, 0.3) is 0 Å². The number of aromatic nitrogens is 2. The highest BCUT2D eigenvalue weighted by molar-refractivity contribution is 6.30. The number of rotatable bonds is 4. The average Bonchev–Trinajstić information content (AvgIpc) is 2.82. The summed E-state index contributed by atoms with van der Waals surface area (Å²) in [6.07, 6.45) is -4.54.